The molecule has 0 spiro atoms. The third kappa shape index (κ3) is 1.03. The van der Waals surface area contributed by atoms with Gasteiger partial charge in [0, 0.05) is 7.05 Å². The molecule has 0 bridgehead atoms. The summed E-state index contributed by atoms with van der Waals surface area (Å²) < 4.78 is 0. The second kappa shape index (κ2) is 2.18. The lowest BCUT2D eigenvalue weighted by molar-refractivity contribution is -0.128. The van der Waals surface area contributed by atoms with E-state index in [0.717, 1.165) is 6.20 Å². The zero-order chi connectivity index (χ0) is 7.72. The van der Waals surface area contributed by atoms with E-state index < -0.39 is 18.0 Å². The van der Waals surface area contributed by atoms with Crippen molar-refractivity contribution in [2.45, 2.75) is 6.35 Å². The Labute approximate surface area is 57.6 Å². The molecule has 1 amide bonds. The number of aliphatic hydroxyl groups excluding tert-OH is 2. The van der Waals surface area contributed by atoms with Crippen LogP contribution in [0.25, 0.3) is 0 Å². The van der Waals surface area contributed by atoms with Gasteiger partial charge in [0.05, 0.1) is 6.20 Å². The van der Waals surface area contributed by atoms with E-state index in [2.05, 4.69) is 5.32 Å². The van der Waals surface area contributed by atoms with Gasteiger partial charge in [-0.3, -0.25) is 4.79 Å². The molecule has 1 aliphatic rings. The predicted octanol–water partition coefficient (Wildman–Crippen LogP) is -1.28. The van der Waals surface area contributed by atoms with E-state index in [1.165, 1.54) is 11.9 Å². The molecule has 0 aromatic heterocycles. The van der Waals surface area contributed by atoms with Crippen molar-refractivity contribution in [3.8, 4) is 0 Å². The minimum atomic E-state index is -1.04. The number of rotatable bonds is 0. The highest BCUT2D eigenvalue weighted by Crippen LogP contribution is 2.01. The Morgan fingerprint density at radius 3 is 2.90 bits per heavy atom. The maximum Gasteiger partial charge on any atom is 0.291 e. The summed E-state index contributed by atoms with van der Waals surface area (Å²) in [6.45, 7) is 0. The number of aliphatic hydroxyl groups is 2. The number of hydrogen-bond donors (Lipinski definition) is 3. The summed E-state index contributed by atoms with van der Waals surface area (Å²) in [6.07, 6.45) is 0.118. The van der Waals surface area contributed by atoms with Crippen LogP contribution in [0.5, 0.6) is 0 Å². The monoisotopic (exact) mass is 144 g/mol. The van der Waals surface area contributed by atoms with Gasteiger partial charge in [-0.15, -0.1) is 0 Å². The topological polar surface area (TPSA) is 72.8 Å². The van der Waals surface area contributed by atoms with Crippen LogP contribution in [-0.4, -0.2) is 34.4 Å². The highest BCUT2D eigenvalue weighted by molar-refractivity contribution is 5.91. The van der Waals surface area contributed by atoms with E-state index in [1.54, 1.807) is 0 Å². The summed E-state index contributed by atoms with van der Waals surface area (Å²) >= 11 is 0. The number of hydrogen-bond acceptors (Lipinski definition) is 4. The van der Waals surface area contributed by atoms with Crippen LogP contribution in [0.4, 0.5) is 0 Å². The molecular weight excluding hydrogens is 136 g/mol. The summed E-state index contributed by atoms with van der Waals surface area (Å²) in [6, 6.07) is 0. The SMILES string of the molecule is CN1C=C(O)C(=O)NC1O. The molecule has 0 aromatic rings. The molecule has 1 unspecified atom stereocenters. The molecule has 10 heavy (non-hydrogen) atoms. The Bertz CT molecular complexity index is 189. The van der Waals surface area contributed by atoms with Crippen molar-refractivity contribution in [1.82, 2.24) is 10.2 Å². The Kier molecular flexibility index (Phi) is 1.50. The number of nitrogens with zero attached hydrogens (tertiary/aromatic N) is 1. The molecule has 5 heteroatoms. The summed E-state index contributed by atoms with van der Waals surface area (Å²) in [5.74, 6) is -1.06. The maximum absolute atomic E-state index is 10.5. The Morgan fingerprint density at radius 1 is 1.80 bits per heavy atom. The smallest absolute Gasteiger partial charge is 0.291 e. The van der Waals surface area contributed by atoms with Crippen molar-refractivity contribution >= 4 is 5.91 Å². The number of carbonyl (C=O) groups excluding carboxylic acids is 1. The third-order valence-electron chi connectivity index (χ3n) is 1.20. The van der Waals surface area contributed by atoms with Crippen molar-refractivity contribution in [1.29, 1.82) is 0 Å². The normalized spacial score (nSPS) is 25.8. The van der Waals surface area contributed by atoms with Gasteiger partial charge in [0.25, 0.3) is 5.91 Å². The summed E-state index contributed by atoms with van der Waals surface area (Å²) in [4.78, 5) is 11.8. The van der Waals surface area contributed by atoms with E-state index in [9.17, 15) is 4.79 Å². The van der Waals surface area contributed by atoms with Crippen LogP contribution in [0.1, 0.15) is 0 Å². The van der Waals surface area contributed by atoms with E-state index in [4.69, 9.17) is 10.2 Å². The molecule has 0 saturated heterocycles. The lowest BCUT2D eigenvalue weighted by Gasteiger charge is -2.26. The van der Waals surface area contributed by atoms with Crippen molar-refractivity contribution in [3.05, 3.63) is 12.0 Å². The van der Waals surface area contributed by atoms with E-state index >= 15 is 0 Å². The van der Waals surface area contributed by atoms with Crippen molar-refractivity contribution < 1.29 is 15.0 Å². The molecule has 0 fully saturated rings. The van der Waals surface area contributed by atoms with Crippen LogP contribution in [0.2, 0.25) is 0 Å². The molecule has 1 atom stereocenters. The summed E-state index contributed by atoms with van der Waals surface area (Å²) in [5.41, 5.74) is 0. The van der Waals surface area contributed by atoms with Crippen LogP contribution in [0.3, 0.4) is 0 Å². The van der Waals surface area contributed by atoms with Gasteiger partial charge >= 0.3 is 0 Å². The maximum atomic E-state index is 10.5. The molecule has 56 valence electrons. The second-order valence-corrected chi connectivity index (χ2v) is 2.03. The van der Waals surface area contributed by atoms with Gasteiger partial charge in [-0.1, -0.05) is 0 Å². The van der Waals surface area contributed by atoms with Gasteiger partial charge < -0.3 is 20.4 Å². The fourth-order valence-electron chi connectivity index (χ4n) is 0.615. The number of carbonyl (C=O) groups is 1. The first-order valence-corrected chi connectivity index (χ1v) is 2.73. The van der Waals surface area contributed by atoms with Gasteiger partial charge in [-0.05, 0) is 0 Å². The highest BCUT2D eigenvalue weighted by Gasteiger charge is 2.20. The predicted molar refractivity (Wildman–Crippen MR) is 32.6 cm³/mol. The first-order chi connectivity index (χ1) is 4.61. The van der Waals surface area contributed by atoms with Gasteiger partial charge in [0.1, 0.15) is 0 Å². The van der Waals surface area contributed by atoms with Crippen molar-refractivity contribution in [2.24, 2.45) is 0 Å². The van der Waals surface area contributed by atoms with E-state index in [1.807, 2.05) is 0 Å². The van der Waals surface area contributed by atoms with Crippen LogP contribution in [0.15, 0.2) is 12.0 Å². The molecule has 1 aliphatic heterocycles. The summed E-state index contributed by atoms with van der Waals surface area (Å²) in [5, 5.41) is 19.8. The fourth-order valence-corrected chi connectivity index (χ4v) is 0.615. The molecule has 1 rings (SSSR count). The molecule has 3 N–H and O–H groups in total. The Balaban J connectivity index is 2.79. The van der Waals surface area contributed by atoms with Gasteiger partial charge in [-0.25, -0.2) is 0 Å². The van der Waals surface area contributed by atoms with Crippen LogP contribution >= 0.6 is 0 Å². The molecule has 0 aromatic carbocycles. The third-order valence-corrected chi connectivity index (χ3v) is 1.20. The molecule has 0 aliphatic carbocycles. The molecule has 0 saturated carbocycles. The second-order valence-electron chi connectivity index (χ2n) is 2.03. The average Bonchev–Trinajstić information content (AvgIpc) is 1.84. The van der Waals surface area contributed by atoms with Crippen LogP contribution in [0, 0.1) is 0 Å². The van der Waals surface area contributed by atoms with E-state index in [0.29, 0.717) is 0 Å². The fraction of sp³-hybridized carbons (Fsp3) is 0.400. The van der Waals surface area contributed by atoms with Crippen LogP contribution < -0.4 is 5.32 Å². The number of nitrogens with one attached hydrogen (secondary N) is 1. The van der Waals surface area contributed by atoms with Gasteiger partial charge in [-0.2, -0.15) is 0 Å². The van der Waals surface area contributed by atoms with Crippen molar-refractivity contribution in [3.63, 3.8) is 0 Å². The first kappa shape index (κ1) is 6.88. The largest absolute Gasteiger partial charge is 0.502 e. The quantitative estimate of drug-likeness (QED) is 0.396. The van der Waals surface area contributed by atoms with Gasteiger partial charge in [0.15, 0.2) is 5.76 Å². The van der Waals surface area contributed by atoms with E-state index in [-0.39, 0.29) is 0 Å². The Morgan fingerprint density at radius 2 is 2.40 bits per heavy atom. The number of amides is 1. The van der Waals surface area contributed by atoms with Gasteiger partial charge in [0.2, 0.25) is 6.35 Å². The minimum Gasteiger partial charge on any atom is -0.502 e. The zero-order valence-electron chi connectivity index (χ0n) is 5.40. The summed E-state index contributed by atoms with van der Waals surface area (Å²) in [7, 11) is 1.53. The zero-order valence-corrected chi connectivity index (χ0v) is 5.40. The molecule has 5 nitrogen and oxygen atoms in total. The minimum absolute atomic E-state index is 0.396. The highest BCUT2D eigenvalue weighted by atomic mass is 16.3. The molecule has 1 heterocycles. The standard InChI is InChI=1S/C5H8N2O3/c1-7-2-3(8)4(9)6-5(7)10/h2,5,8,10H,1H3,(H,6,9). The molecule has 0 radical (unpaired) electrons. The Hall–Kier alpha value is -1.23. The lowest BCUT2D eigenvalue weighted by atomic mass is 10.4. The van der Waals surface area contributed by atoms with Crippen LogP contribution in [-0.2, 0) is 4.79 Å². The first-order valence-electron chi connectivity index (χ1n) is 2.73. The lowest BCUT2D eigenvalue weighted by Crippen LogP contribution is -2.48. The van der Waals surface area contributed by atoms with Crippen molar-refractivity contribution in [2.75, 3.05) is 7.05 Å². The average molecular weight is 144 g/mol. The molecular formula is C5H8N2O3.